The van der Waals surface area contributed by atoms with E-state index < -0.39 is 0 Å². The van der Waals surface area contributed by atoms with Crippen molar-refractivity contribution < 1.29 is 9.59 Å². The van der Waals surface area contributed by atoms with Gasteiger partial charge in [-0.3, -0.25) is 10.1 Å². The van der Waals surface area contributed by atoms with Gasteiger partial charge in [-0.05, 0) is 38.5 Å². The van der Waals surface area contributed by atoms with Gasteiger partial charge in [0, 0.05) is 12.1 Å². The molecule has 2 aliphatic carbocycles. The SMILES string of the molecule is C[C@H](N[C@@H]1CCCC[C@@H]1C)C(=O)NC(=O)NC1CCCCC1. The van der Waals surface area contributed by atoms with E-state index >= 15 is 0 Å². The van der Waals surface area contributed by atoms with Gasteiger partial charge in [0.1, 0.15) is 0 Å². The molecule has 0 heterocycles. The topological polar surface area (TPSA) is 70.2 Å². The monoisotopic (exact) mass is 309 g/mol. The molecule has 0 spiro atoms. The fraction of sp³-hybridized carbons (Fsp3) is 0.882. The average molecular weight is 309 g/mol. The summed E-state index contributed by atoms with van der Waals surface area (Å²) in [6, 6.07) is -0.0658. The van der Waals surface area contributed by atoms with Crippen molar-refractivity contribution in [1.82, 2.24) is 16.0 Å². The third kappa shape index (κ3) is 5.27. The quantitative estimate of drug-likeness (QED) is 0.748. The highest BCUT2D eigenvalue weighted by Crippen LogP contribution is 2.24. The number of carbonyl (C=O) groups excluding carboxylic acids is 2. The number of amides is 3. The molecule has 0 saturated heterocycles. The molecule has 2 rings (SSSR count). The number of hydrogen-bond acceptors (Lipinski definition) is 3. The smallest absolute Gasteiger partial charge is 0.321 e. The van der Waals surface area contributed by atoms with E-state index in [0.29, 0.717) is 12.0 Å². The van der Waals surface area contributed by atoms with E-state index in [-0.39, 0.29) is 24.0 Å². The molecule has 0 bridgehead atoms. The fourth-order valence-corrected chi connectivity index (χ4v) is 3.65. The van der Waals surface area contributed by atoms with Gasteiger partial charge in [-0.1, -0.05) is 39.0 Å². The molecule has 0 aromatic heterocycles. The molecule has 22 heavy (non-hydrogen) atoms. The molecule has 3 N–H and O–H groups in total. The molecule has 5 heteroatoms. The van der Waals surface area contributed by atoms with Crippen molar-refractivity contribution in [3.05, 3.63) is 0 Å². The molecular weight excluding hydrogens is 278 g/mol. The minimum atomic E-state index is -0.345. The zero-order chi connectivity index (χ0) is 15.9. The van der Waals surface area contributed by atoms with Crippen molar-refractivity contribution in [3.8, 4) is 0 Å². The molecule has 0 aromatic rings. The van der Waals surface area contributed by atoms with Gasteiger partial charge in [0.15, 0.2) is 0 Å². The van der Waals surface area contributed by atoms with Crippen molar-refractivity contribution in [3.63, 3.8) is 0 Å². The summed E-state index contributed by atoms with van der Waals surface area (Å²) in [6.45, 7) is 4.07. The summed E-state index contributed by atoms with van der Waals surface area (Å²) in [4.78, 5) is 24.1. The Hall–Kier alpha value is -1.10. The Morgan fingerprint density at radius 2 is 1.59 bits per heavy atom. The van der Waals surface area contributed by atoms with Crippen LogP contribution in [0.4, 0.5) is 4.79 Å². The minimum Gasteiger partial charge on any atom is -0.335 e. The first-order valence-corrected chi connectivity index (χ1v) is 8.93. The van der Waals surface area contributed by atoms with Crippen LogP contribution in [0.15, 0.2) is 0 Å². The Morgan fingerprint density at radius 1 is 0.955 bits per heavy atom. The summed E-state index contributed by atoms with van der Waals surface area (Å²) in [7, 11) is 0. The molecule has 5 nitrogen and oxygen atoms in total. The highest BCUT2D eigenvalue weighted by atomic mass is 16.2. The first-order chi connectivity index (χ1) is 10.6. The zero-order valence-corrected chi connectivity index (χ0v) is 14.0. The van der Waals surface area contributed by atoms with Crippen LogP contribution < -0.4 is 16.0 Å². The first kappa shape index (κ1) is 17.3. The fourth-order valence-electron chi connectivity index (χ4n) is 3.65. The van der Waals surface area contributed by atoms with Crippen LogP contribution in [0.3, 0.4) is 0 Å². The predicted molar refractivity (Wildman–Crippen MR) is 87.6 cm³/mol. The van der Waals surface area contributed by atoms with Gasteiger partial charge in [-0.25, -0.2) is 4.79 Å². The minimum absolute atomic E-state index is 0.225. The molecule has 2 fully saturated rings. The summed E-state index contributed by atoms with van der Waals surface area (Å²) in [5.74, 6) is 0.367. The standard InChI is InChI=1S/C17H31N3O2/c1-12-8-6-7-11-15(12)18-13(2)16(21)20-17(22)19-14-9-4-3-5-10-14/h12-15,18H,3-11H2,1-2H3,(H2,19,20,21,22)/t12-,13-,15+/m0/s1. The van der Waals surface area contributed by atoms with Gasteiger partial charge < -0.3 is 10.6 Å². The van der Waals surface area contributed by atoms with Crippen molar-refractivity contribution in [1.29, 1.82) is 0 Å². The molecular formula is C17H31N3O2. The lowest BCUT2D eigenvalue weighted by atomic mass is 9.85. The molecule has 3 amide bonds. The predicted octanol–water partition coefficient (Wildman–Crippen LogP) is 2.70. The van der Waals surface area contributed by atoms with Gasteiger partial charge in [0.25, 0.3) is 0 Å². The summed E-state index contributed by atoms with van der Waals surface area (Å²) < 4.78 is 0. The van der Waals surface area contributed by atoms with Crippen LogP contribution in [-0.4, -0.2) is 30.1 Å². The third-order valence-corrected chi connectivity index (χ3v) is 5.15. The van der Waals surface area contributed by atoms with Crippen LogP contribution in [0.1, 0.15) is 71.6 Å². The maximum absolute atomic E-state index is 12.1. The Balaban J connectivity index is 1.71. The lowest BCUT2D eigenvalue weighted by molar-refractivity contribution is -0.122. The van der Waals surface area contributed by atoms with E-state index in [1.54, 1.807) is 0 Å². The number of hydrogen-bond donors (Lipinski definition) is 3. The zero-order valence-electron chi connectivity index (χ0n) is 14.0. The van der Waals surface area contributed by atoms with E-state index in [1.807, 2.05) is 6.92 Å². The van der Waals surface area contributed by atoms with Gasteiger partial charge >= 0.3 is 6.03 Å². The molecule has 0 aromatic carbocycles. The van der Waals surface area contributed by atoms with Gasteiger partial charge in [-0.15, -0.1) is 0 Å². The Bertz CT molecular complexity index is 380. The summed E-state index contributed by atoms with van der Waals surface area (Å²) in [5.41, 5.74) is 0. The average Bonchev–Trinajstić information content (AvgIpc) is 2.50. The van der Waals surface area contributed by atoms with Crippen LogP contribution in [0.2, 0.25) is 0 Å². The van der Waals surface area contributed by atoms with E-state index in [2.05, 4.69) is 22.9 Å². The first-order valence-electron chi connectivity index (χ1n) is 8.93. The van der Waals surface area contributed by atoms with E-state index in [9.17, 15) is 9.59 Å². The van der Waals surface area contributed by atoms with E-state index in [4.69, 9.17) is 0 Å². The number of urea groups is 1. The van der Waals surface area contributed by atoms with Crippen molar-refractivity contribution in [2.24, 2.45) is 5.92 Å². The number of rotatable bonds is 4. The van der Waals surface area contributed by atoms with Crippen LogP contribution in [0, 0.1) is 5.92 Å². The number of carbonyl (C=O) groups is 2. The lowest BCUT2D eigenvalue weighted by Crippen LogP contribution is -2.53. The highest BCUT2D eigenvalue weighted by Gasteiger charge is 2.26. The molecule has 3 atom stereocenters. The van der Waals surface area contributed by atoms with Gasteiger partial charge in [0.2, 0.25) is 5.91 Å². The molecule has 2 saturated carbocycles. The molecule has 2 aliphatic rings. The summed E-state index contributed by atoms with van der Waals surface area (Å²) >= 11 is 0. The second-order valence-electron chi connectivity index (χ2n) is 7.05. The van der Waals surface area contributed by atoms with Crippen LogP contribution >= 0.6 is 0 Å². The van der Waals surface area contributed by atoms with Gasteiger partial charge in [-0.2, -0.15) is 0 Å². The van der Waals surface area contributed by atoms with Crippen molar-refractivity contribution in [2.75, 3.05) is 0 Å². The second kappa shape index (κ2) is 8.51. The third-order valence-electron chi connectivity index (χ3n) is 5.15. The normalized spacial score (nSPS) is 27.9. The molecule has 0 unspecified atom stereocenters. The molecule has 0 aliphatic heterocycles. The van der Waals surface area contributed by atoms with E-state index in [1.165, 1.54) is 25.7 Å². The molecule has 126 valence electrons. The van der Waals surface area contributed by atoms with Gasteiger partial charge in [0.05, 0.1) is 6.04 Å². The Labute approximate surface area is 134 Å². The largest absolute Gasteiger partial charge is 0.335 e. The van der Waals surface area contributed by atoms with Crippen LogP contribution in [0.25, 0.3) is 0 Å². The highest BCUT2D eigenvalue weighted by molar-refractivity contribution is 5.96. The number of imide groups is 1. The Kier molecular flexibility index (Phi) is 6.68. The Morgan fingerprint density at radius 3 is 2.27 bits per heavy atom. The summed E-state index contributed by atoms with van der Waals surface area (Å²) in [5, 5.41) is 8.78. The van der Waals surface area contributed by atoms with Crippen LogP contribution in [0.5, 0.6) is 0 Å². The van der Waals surface area contributed by atoms with E-state index in [0.717, 1.165) is 32.1 Å². The lowest BCUT2D eigenvalue weighted by Gasteiger charge is -2.31. The maximum Gasteiger partial charge on any atom is 0.321 e. The number of nitrogens with one attached hydrogen (secondary N) is 3. The second-order valence-corrected chi connectivity index (χ2v) is 7.05. The van der Waals surface area contributed by atoms with Crippen LogP contribution in [-0.2, 0) is 4.79 Å². The van der Waals surface area contributed by atoms with Crippen molar-refractivity contribution in [2.45, 2.75) is 89.8 Å². The summed E-state index contributed by atoms with van der Waals surface area (Å²) in [6.07, 6.45) is 10.5. The molecule has 0 radical (unpaired) electrons. The maximum atomic E-state index is 12.1. The van der Waals surface area contributed by atoms with Crippen molar-refractivity contribution >= 4 is 11.9 Å².